The summed E-state index contributed by atoms with van der Waals surface area (Å²) in [5.74, 6) is -2.11. The third-order valence-electron chi connectivity index (χ3n) is 3.36. The number of carboxylic acids is 1. The minimum Gasteiger partial charge on any atom is -0.481 e. The van der Waals surface area contributed by atoms with Crippen molar-refractivity contribution >= 4 is 49.4 Å². The summed E-state index contributed by atoms with van der Waals surface area (Å²) in [6.45, 7) is 0. The highest BCUT2D eigenvalue weighted by Crippen LogP contribution is 2.34. The largest absolute Gasteiger partial charge is 0.481 e. The second-order valence-electron chi connectivity index (χ2n) is 4.60. The normalized spacial score (nSPS) is 22.2. The van der Waals surface area contributed by atoms with Gasteiger partial charge in [0, 0.05) is 8.95 Å². The van der Waals surface area contributed by atoms with Gasteiger partial charge in [-0.3, -0.25) is 9.59 Å². The number of benzene rings is 1. The summed E-state index contributed by atoms with van der Waals surface area (Å²) in [7, 11) is 0. The fraction of sp³-hybridized carbons (Fsp3) is 0.385. The molecule has 1 aromatic rings. The molecule has 19 heavy (non-hydrogen) atoms. The standard InChI is InChI=1S/C13H13Br2NO3/c14-7-4-5-10(15)11(6-7)16-12(17)8-2-1-3-9(8)13(18)19/h4-6,8-9H,1-3H2,(H,16,17)(H,18,19). The highest BCUT2D eigenvalue weighted by atomic mass is 79.9. The lowest BCUT2D eigenvalue weighted by Crippen LogP contribution is -2.30. The minimum absolute atomic E-state index is 0.219. The van der Waals surface area contributed by atoms with Crippen molar-refractivity contribution in [2.75, 3.05) is 5.32 Å². The number of carboxylic acid groups (broad SMARTS) is 1. The number of carbonyl (C=O) groups is 2. The van der Waals surface area contributed by atoms with Crippen molar-refractivity contribution in [1.29, 1.82) is 0 Å². The summed E-state index contributed by atoms with van der Waals surface area (Å²) in [5.41, 5.74) is 0.649. The maximum Gasteiger partial charge on any atom is 0.307 e. The van der Waals surface area contributed by atoms with Crippen LogP contribution >= 0.6 is 31.9 Å². The van der Waals surface area contributed by atoms with Crippen molar-refractivity contribution < 1.29 is 14.7 Å². The zero-order valence-corrected chi connectivity index (χ0v) is 13.2. The van der Waals surface area contributed by atoms with E-state index in [2.05, 4.69) is 37.2 Å². The number of carbonyl (C=O) groups excluding carboxylic acids is 1. The van der Waals surface area contributed by atoms with Crippen molar-refractivity contribution in [3.8, 4) is 0 Å². The van der Waals surface area contributed by atoms with Crippen LogP contribution in [-0.4, -0.2) is 17.0 Å². The SMILES string of the molecule is O=C(O)C1CCCC1C(=O)Nc1cc(Br)ccc1Br. The molecule has 6 heteroatoms. The van der Waals surface area contributed by atoms with Gasteiger partial charge in [-0.1, -0.05) is 22.4 Å². The third-order valence-corrected chi connectivity index (χ3v) is 4.54. The molecule has 2 rings (SSSR count). The predicted octanol–water partition coefficient (Wildman–Crippen LogP) is 3.65. The van der Waals surface area contributed by atoms with Gasteiger partial charge in [-0.15, -0.1) is 0 Å². The molecule has 0 aromatic heterocycles. The van der Waals surface area contributed by atoms with E-state index in [9.17, 15) is 9.59 Å². The number of anilines is 1. The number of aliphatic carboxylic acids is 1. The van der Waals surface area contributed by atoms with Gasteiger partial charge in [0.2, 0.25) is 5.91 Å². The molecule has 0 heterocycles. The van der Waals surface area contributed by atoms with Crippen LogP contribution in [0.2, 0.25) is 0 Å². The number of halogens is 2. The van der Waals surface area contributed by atoms with Gasteiger partial charge in [0.05, 0.1) is 17.5 Å². The van der Waals surface area contributed by atoms with Crippen LogP contribution in [0, 0.1) is 11.8 Å². The maximum atomic E-state index is 12.2. The van der Waals surface area contributed by atoms with Crippen LogP contribution in [0.4, 0.5) is 5.69 Å². The summed E-state index contributed by atoms with van der Waals surface area (Å²) < 4.78 is 1.63. The lowest BCUT2D eigenvalue weighted by molar-refractivity contribution is -0.145. The molecule has 0 saturated heterocycles. The predicted molar refractivity (Wildman–Crippen MR) is 78.9 cm³/mol. The molecule has 1 aliphatic carbocycles. The Morgan fingerprint density at radius 1 is 1.21 bits per heavy atom. The first-order chi connectivity index (χ1) is 8.99. The fourth-order valence-electron chi connectivity index (χ4n) is 2.39. The van der Waals surface area contributed by atoms with Crippen LogP contribution in [0.3, 0.4) is 0 Å². The van der Waals surface area contributed by atoms with E-state index in [0.29, 0.717) is 18.5 Å². The minimum atomic E-state index is -0.883. The molecular weight excluding hydrogens is 378 g/mol. The Bertz CT molecular complexity index is 519. The molecule has 0 radical (unpaired) electrons. The van der Waals surface area contributed by atoms with Gasteiger partial charge in [0.15, 0.2) is 0 Å². The van der Waals surface area contributed by atoms with Crippen LogP contribution in [-0.2, 0) is 9.59 Å². The number of amides is 1. The van der Waals surface area contributed by atoms with Gasteiger partial charge < -0.3 is 10.4 Å². The second kappa shape index (κ2) is 6.05. The van der Waals surface area contributed by atoms with Gasteiger partial charge in [0.1, 0.15) is 0 Å². The molecule has 2 N–H and O–H groups in total. The first-order valence-electron chi connectivity index (χ1n) is 5.98. The van der Waals surface area contributed by atoms with Crippen LogP contribution in [0.1, 0.15) is 19.3 Å². The topological polar surface area (TPSA) is 66.4 Å². The van der Waals surface area contributed by atoms with E-state index < -0.39 is 17.8 Å². The monoisotopic (exact) mass is 389 g/mol. The van der Waals surface area contributed by atoms with Crippen molar-refractivity contribution in [2.24, 2.45) is 11.8 Å². The van der Waals surface area contributed by atoms with E-state index in [4.69, 9.17) is 5.11 Å². The Balaban J connectivity index is 2.12. The van der Waals surface area contributed by atoms with Gasteiger partial charge in [-0.25, -0.2) is 0 Å². The molecule has 0 aliphatic heterocycles. The molecule has 1 fully saturated rings. The summed E-state index contributed by atoms with van der Waals surface area (Å²) >= 11 is 6.70. The quantitative estimate of drug-likeness (QED) is 0.827. The van der Waals surface area contributed by atoms with E-state index in [1.54, 1.807) is 6.07 Å². The average Bonchev–Trinajstić information content (AvgIpc) is 2.83. The van der Waals surface area contributed by atoms with Crippen LogP contribution in [0.5, 0.6) is 0 Å². The molecule has 0 bridgehead atoms. The number of nitrogens with one attached hydrogen (secondary N) is 1. The van der Waals surface area contributed by atoms with Gasteiger partial charge in [0.25, 0.3) is 0 Å². The molecule has 102 valence electrons. The first kappa shape index (κ1) is 14.5. The molecule has 4 nitrogen and oxygen atoms in total. The Morgan fingerprint density at radius 3 is 2.58 bits per heavy atom. The summed E-state index contributed by atoms with van der Waals surface area (Å²) in [6.07, 6.45) is 2.00. The third kappa shape index (κ3) is 3.36. The van der Waals surface area contributed by atoms with Crippen LogP contribution < -0.4 is 5.32 Å². The van der Waals surface area contributed by atoms with Crippen molar-refractivity contribution in [2.45, 2.75) is 19.3 Å². The zero-order chi connectivity index (χ0) is 14.0. The second-order valence-corrected chi connectivity index (χ2v) is 6.37. The van der Waals surface area contributed by atoms with E-state index in [1.165, 1.54) is 0 Å². The molecule has 0 spiro atoms. The van der Waals surface area contributed by atoms with Crippen molar-refractivity contribution in [3.63, 3.8) is 0 Å². The molecule has 2 unspecified atom stereocenters. The highest BCUT2D eigenvalue weighted by molar-refractivity contribution is 9.11. The Kier molecular flexibility index (Phi) is 4.62. The van der Waals surface area contributed by atoms with Gasteiger partial charge in [-0.05, 0) is 47.0 Å². The number of rotatable bonds is 3. The molecule has 2 atom stereocenters. The van der Waals surface area contributed by atoms with E-state index in [1.807, 2.05) is 12.1 Å². The Hall–Kier alpha value is -0.880. The smallest absolute Gasteiger partial charge is 0.307 e. The molecule has 1 saturated carbocycles. The molecule has 1 amide bonds. The Labute approximate surface area is 127 Å². The van der Waals surface area contributed by atoms with Crippen LogP contribution in [0.15, 0.2) is 27.1 Å². The fourth-order valence-corrected chi connectivity index (χ4v) is 3.09. The van der Waals surface area contributed by atoms with Crippen molar-refractivity contribution in [3.05, 3.63) is 27.1 Å². The Morgan fingerprint density at radius 2 is 1.89 bits per heavy atom. The van der Waals surface area contributed by atoms with E-state index >= 15 is 0 Å². The lowest BCUT2D eigenvalue weighted by atomic mass is 9.95. The van der Waals surface area contributed by atoms with Crippen LogP contribution in [0.25, 0.3) is 0 Å². The van der Waals surface area contributed by atoms with Gasteiger partial charge in [-0.2, -0.15) is 0 Å². The number of hydrogen-bond acceptors (Lipinski definition) is 2. The van der Waals surface area contributed by atoms with E-state index in [-0.39, 0.29) is 5.91 Å². The summed E-state index contributed by atoms with van der Waals surface area (Å²) in [5, 5.41) is 11.9. The lowest BCUT2D eigenvalue weighted by Gasteiger charge is -2.16. The van der Waals surface area contributed by atoms with Gasteiger partial charge >= 0.3 is 5.97 Å². The maximum absolute atomic E-state index is 12.2. The summed E-state index contributed by atoms with van der Waals surface area (Å²) in [4.78, 5) is 23.3. The number of hydrogen-bond donors (Lipinski definition) is 2. The molecule has 1 aliphatic rings. The average molecular weight is 391 g/mol. The first-order valence-corrected chi connectivity index (χ1v) is 7.56. The van der Waals surface area contributed by atoms with Crippen molar-refractivity contribution in [1.82, 2.24) is 0 Å². The highest BCUT2D eigenvalue weighted by Gasteiger charge is 2.37. The molecule has 1 aromatic carbocycles. The zero-order valence-electron chi connectivity index (χ0n) is 10.0. The van der Waals surface area contributed by atoms with E-state index in [0.717, 1.165) is 15.4 Å². The molecular formula is C13H13Br2NO3. The summed E-state index contributed by atoms with van der Waals surface area (Å²) in [6, 6.07) is 5.46.